The van der Waals surface area contributed by atoms with Gasteiger partial charge >= 0.3 is 0 Å². The Kier molecular flexibility index (Phi) is 5.15. The zero-order valence-electron chi connectivity index (χ0n) is 13.4. The molecule has 1 aromatic carbocycles. The van der Waals surface area contributed by atoms with Crippen molar-refractivity contribution in [1.29, 1.82) is 0 Å². The Balaban J connectivity index is 1.63. The van der Waals surface area contributed by atoms with Crippen molar-refractivity contribution in [3.05, 3.63) is 41.6 Å². The molecule has 1 aliphatic rings. The van der Waals surface area contributed by atoms with Gasteiger partial charge in [0.25, 0.3) is 0 Å². The summed E-state index contributed by atoms with van der Waals surface area (Å²) < 4.78 is 5.12. The number of methoxy groups -OCH3 is 1. The molecule has 126 valence electrons. The first-order chi connectivity index (χ1) is 11.7. The summed E-state index contributed by atoms with van der Waals surface area (Å²) in [7, 11) is 1.61. The van der Waals surface area contributed by atoms with Crippen molar-refractivity contribution >= 4 is 29.0 Å². The third-order valence-corrected chi connectivity index (χ3v) is 4.29. The average molecular weight is 347 g/mol. The van der Waals surface area contributed by atoms with Crippen LogP contribution >= 0.6 is 11.6 Å². The predicted molar refractivity (Wildman–Crippen MR) is 93.6 cm³/mol. The highest BCUT2D eigenvalue weighted by Gasteiger charge is 2.26. The van der Waals surface area contributed by atoms with E-state index in [1.54, 1.807) is 13.2 Å². The number of hydrogen-bond donors (Lipinski definition) is 1. The molecule has 0 bridgehead atoms. The first kappa shape index (κ1) is 16.5. The van der Waals surface area contributed by atoms with Crippen molar-refractivity contribution in [3.8, 4) is 5.75 Å². The second-order valence-electron chi connectivity index (χ2n) is 5.72. The molecule has 0 aliphatic carbocycles. The Bertz CT molecular complexity index is 691. The minimum atomic E-state index is -0.0849. The van der Waals surface area contributed by atoms with E-state index < -0.39 is 0 Å². The lowest BCUT2D eigenvalue weighted by atomic mass is 9.97. The maximum Gasteiger partial charge on any atom is 0.229 e. The molecule has 6 nitrogen and oxygen atoms in total. The molecule has 24 heavy (non-hydrogen) atoms. The second-order valence-corrected chi connectivity index (χ2v) is 6.10. The minimum Gasteiger partial charge on any atom is -0.497 e. The van der Waals surface area contributed by atoms with E-state index >= 15 is 0 Å². The molecule has 3 rings (SSSR count). The Hall–Kier alpha value is -2.34. The summed E-state index contributed by atoms with van der Waals surface area (Å²) in [6, 6.07) is 10.9. The van der Waals surface area contributed by atoms with Gasteiger partial charge in [-0.3, -0.25) is 4.79 Å². The summed E-state index contributed by atoms with van der Waals surface area (Å²) in [5.41, 5.74) is 0.768. The molecule has 0 radical (unpaired) electrons. The maximum atomic E-state index is 12.5. The first-order valence-corrected chi connectivity index (χ1v) is 8.22. The number of rotatable bonds is 4. The maximum absolute atomic E-state index is 12.5. The van der Waals surface area contributed by atoms with Gasteiger partial charge in [-0.1, -0.05) is 11.6 Å². The summed E-state index contributed by atoms with van der Waals surface area (Å²) in [6.45, 7) is 1.49. The van der Waals surface area contributed by atoms with Crippen LogP contribution in [-0.4, -0.2) is 36.3 Å². The Labute approximate surface area is 145 Å². The highest BCUT2D eigenvalue weighted by Crippen LogP contribution is 2.23. The quantitative estimate of drug-likeness (QED) is 0.921. The fraction of sp³-hybridized carbons (Fsp3) is 0.353. The topological polar surface area (TPSA) is 67.3 Å². The zero-order valence-corrected chi connectivity index (χ0v) is 14.2. The zero-order chi connectivity index (χ0) is 16.9. The molecule has 1 aromatic heterocycles. The number of anilines is 2. The van der Waals surface area contributed by atoms with Gasteiger partial charge in [-0.05, 0) is 49.2 Å². The van der Waals surface area contributed by atoms with E-state index in [2.05, 4.69) is 20.4 Å². The molecule has 2 aromatic rings. The van der Waals surface area contributed by atoms with E-state index in [4.69, 9.17) is 16.3 Å². The molecule has 1 aliphatic heterocycles. The molecule has 1 fully saturated rings. The van der Waals surface area contributed by atoms with Crippen LogP contribution in [0.15, 0.2) is 36.4 Å². The summed E-state index contributed by atoms with van der Waals surface area (Å²) in [6.07, 6.45) is 1.80. The van der Waals surface area contributed by atoms with Crippen LogP contribution in [0.5, 0.6) is 5.75 Å². The highest BCUT2D eigenvalue weighted by molar-refractivity contribution is 6.29. The van der Waals surface area contributed by atoms with Crippen molar-refractivity contribution in [3.63, 3.8) is 0 Å². The SMILES string of the molecule is COc1ccc(NC(=O)[C@H]2CCCN(c3ccc(Cl)nn3)C2)cc1. The Morgan fingerprint density at radius 2 is 2.04 bits per heavy atom. The minimum absolute atomic E-state index is 0.0202. The number of aromatic nitrogens is 2. The van der Waals surface area contributed by atoms with E-state index in [-0.39, 0.29) is 11.8 Å². The average Bonchev–Trinajstić information content (AvgIpc) is 2.63. The van der Waals surface area contributed by atoms with Crippen LogP contribution in [0.2, 0.25) is 5.15 Å². The summed E-state index contributed by atoms with van der Waals surface area (Å²) in [5, 5.41) is 11.3. The van der Waals surface area contributed by atoms with Crippen LogP contribution in [0, 0.1) is 5.92 Å². The standard InChI is InChI=1S/C17H19ClN4O2/c1-24-14-6-4-13(5-7-14)19-17(23)12-3-2-10-22(11-12)16-9-8-15(18)20-21-16/h4-9,12H,2-3,10-11H2,1H3,(H,19,23)/t12-/m0/s1. The number of nitrogens with one attached hydrogen (secondary N) is 1. The molecule has 1 atom stereocenters. The summed E-state index contributed by atoms with van der Waals surface area (Å²) in [4.78, 5) is 14.6. The number of carbonyl (C=O) groups excluding carboxylic acids is 1. The normalized spacial score (nSPS) is 17.4. The van der Waals surface area contributed by atoms with E-state index in [0.29, 0.717) is 11.7 Å². The largest absolute Gasteiger partial charge is 0.497 e. The molecule has 1 N–H and O–H groups in total. The fourth-order valence-corrected chi connectivity index (χ4v) is 2.90. The lowest BCUT2D eigenvalue weighted by Crippen LogP contribution is -2.41. The van der Waals surface area contributed by atoms with E-state index in [1.165, 1.54) is 0 Å². The van der Waals surface area contributed by atoms with E-state index in [0.717, 1.165) is 36.6 Å². The van der Waals surface area contributed by atoms with Gasteiger partial charge in [0.2, 0.25) is 5.91 Å². The highest BCUT2D eigenvalue weighted by atomic mass is 35.5. The number of halogens is 1. The molecule has 1 amide bonds. The monoisotopic (exact) mass is 346 g/mol. The molecule has 7 heteroatoms. The molecule has 0 spiro atoms. The van der Waals surface area contributed by atoms with Crippen LogP contribution in [0.4, 0.5) is 11.5 Å². The molecule has 1 saturated heterocycles. The van der Waals surface area contributed by atoms with Gasteiger partial charge in [0.05, 0.1) is 13.0 Å². The molecular formula is C17H19ClN4O2. The number of hydrogen-bond acceptors (Lipinski definition) is 5. The summed E-state index contributed by atoms with van der Waals surface area (Å²) in [5.74, 6) is 1.45. The van der Waals surface area contributed by atoms with Crippen molar-refractivity contribution in [2.75, 3.05) is 30.4 Å². The van der Waals surface area contributed by atoms with Gasteiger partial charge in [0, 0.05) is 18.8 Å². The van der Waals surface area contributed by atoms with Crippen molar-refractivity contribution in [2.45, 2.75) is 12.8 Å². The van der Waals surface area contributed by atoms with Crippen molar-refractivity contribution in [2.24, 2.45) is 5.92 Å². The predicted octanol–water partition coefficient (Wildman–Crippen LogP) is 2.99. The molecule has 2 heterocycles. The third-order valence-electron chi connectivity index (χ3n) is 4.09. The molecule has 0 saturated carbocycles. The van der Waals surface area contributed by atoms with Gasteiger partial charge < -0.3 is 15.0 Å². The number of piperidine rings is 1. The van der Waals surface area contributed by atoms with E-state index in [9.17, 15) is 4.79 Å². The smallest absolute Gasteiger partial charge is 0.229 e. The number of amides is 1. The van der Waals surface area contributed by atoms with Crippen LogP contribution in [0.3, 0.4) is 0 Å². The Morgan fingerprint density at radius 1 is 1.25 bits per heavy atom. The third kappa shape index (κ3) is 3.94. The van der Waals surface area contributed by atoms with Crippen molar-refractivity contribution in [1.82, 2.24) is 10.2 Å². The first-order valence-electron chi connectivity index (χ1n) is 7.85. The van der Waals surface area contributed by atoms with Gasteiger partial charge in [-0.2, -0.15) is 0 Å². The van der Waals surface area contributed by atoms with Crippen LogP contribution in [0.25, 0.3) is 0 Å². The number of ether oxygens (including phenoxy) is 1. The van der Waals surface area contributed by atoms with Crippen LogP contribution < -0.4 is 15.0 Å². The van der Waals surface area contributed by atoms with E-state index in [1.807, 2.05) is 30.3 Å². The van der Waals surface area contributed by atoms with Crippen LogP contribution in [-0.2, 0) is 4.79 Å². The van der Waals surface area contributed by atoms with Crippen molar-refractivity contribution < 1.29 is 9.53 Å². The molecule has 0 unspecified atom stereocenters. The van der Waals surface area contributed by atoms with Gasteiger partial charge in [-0.15, -0.1) is 10.2 Å². The summed E-state index contributed by atoms with van der Waals surface area (Å²) >= 11 is 5.78. The lowest BCUT2D eigenvalue weighted by Gasteiger charge is -2.32. The lowest BCUT2D eigenvalue weighted by molar-refractivity contribution is -0.120. The Morgan fingerprint density at radius 3 is 2.71 bits per heavy atom. The van der Waals surface area contributed by atoms with Gasteiger partial charge in [0.1, 0.15) is 5.75 Å². The van der Waals surface area contributed by atoms with Crippen LogP contribution in [0.1, 0.15) is 12.8 Å². The second kappa shape index (κ2) is 7.49. The number of carbonyl (C=O) groups is 1. The fourth-order valence-electron chi connectivity index (χ4n) is 2.80. The van der Waals surface area contributed by atoms with Gasteiger partial charge in [-0.25, -0.2) is 0 Å². The van der Waals surface area contributed by atoms with Gasteiger partial charge in [0.15, 0.2) is 11.0 Å². The number of nitrogens with zero attached hydrogens (tertiary/aromatic N) is 3. The molecular weight excluding hydrogens is 328 g/mol. The number of benzene rings is 1.